The minimum atomic E-state index is -3.84. The lowest BCUT2D eigenvalue weighted by atomic mass is 10.1. The van der Waals surface area contributed by atoms with Crippen molar-refractivity contribution in [3.05, 3.63) is 30.1 Å². The minimum Gasteiger partial charge on any atom is -0.309 e. The Balaban J connectivity index is 1.84. The lowest BCUT2D eigenvalue weighted by Gasteiger charge is -2.25. The van der Waals surface area contributed by atoms with Gasteiger partial charge in [-0.2, -0.15) is 0 Å². The molecule has 0 amide bonds. The topological polar surface area (TPSA) is 80.3 Å². The van der Waals surface area contributed by atoms with Crippen LogP contribution in [0.5, 0.6) is 0 Å². The van der Waals surface area contributed by atoms with E-state index in [9.17, 15) is 21.2 Å². The molecule has 1 heterocycles. The summed E-state index contributed by atoms with van der Waals surface area (Å²) in [6, 6.07) is 4.14. The molecule has 1 saturated carbocycles. The van der Waals surface area contributed by atoms with Crippen molar-refractivity contribution >= 4 is 19.7 Å². The molecule has 25 heavy (non-hydrogen) atoms. The molecule has 0 aromatic heterocycles. The van der Waals surface area contributed by atoms with Crippen LogP contribution in [0.2, 0.25) is 0 Å². The second kappa shape index (κ2) is 7.32. The fraction of sp³-hybridized carbons (Fsp3) is 0.647. The summed E-state index contributed by atoms with van der Waals surface area (Å²) in [5.74, 6) is -1.06. The third-order valence-corrected chi connectivity index (χ3v) is 9.31. The Labute approximate surface area is 148 Å². The van der Waals surface area contributed by atoms with Crippen molar-refractivity contribution in [2.75, 3.05) is 11.5 Å². The van der Waals surface area contributed by atoms with Crippen LogP contribution in [0, 0.1) is 5.82 Å². The molecule has 8 heteroatoms. The molecule has 1 N–H and O–H groups in total. The summed E-state index contributed by atoms with van der Waals surface area (Å²) >= 11 is 0. The third-order valence-electron chi connectivity index (χ3n) is 5.15. The van der Waals surface area contributed by atoms with E-state index in [4.69, 9.17) is 0 Å². The molecule has 2 atom stereocenters. The second-order valence-corrected chi connectivity index (χ2v) is 11.4. The molecule has 2 aliphatic rings. The van der Waals surface area contributed by atoms with Crippen molar-refractivity contribution in [1.82, 2.24) is 5.32 Å². The van der Waals surface area contributed by atoms with E-state index in [1.165, 1.54) is 25.0 Å². The van der Waals surface area contributed by atoms with Crippen LogP contribution in [0.25, 0.3) is 0 Å². The fourth-order valence-electron chi connectivity index (χ4n) is 3.82. The first-order valence-corrected chi connectivity index (χ1v) is 12.1. The molecule has 5 nitrogen and oxygen atoms in total. The summed E-state index contributed by atoms with van der Waals surface area (Å²) < 4.78 is 63.2. The molecular formula is C17H24FNO4S2. The molecule has 0 spiro atoms. The molecule has 0 unspecified atom stereocenters. The maximum absolute atomic E-state index is 13.1. The standard InChI is InChI=1S/C17H24FNO4S2/c18-13-7-9-15(10-8-13)25(22,23)17-12-24(20,21)11-16(17)19-14-5-3-1-2-4-6-14/h7-10,14,16-17,19H,1-6,11-12H2/t16-,17-/m0/s1. The van der Waals surface area contributed by atoms with Gasteiger partial charge in [0.25, 0.3) is 0 Å². The van der Waals surface area contributed by atoms with Gasteiger partial charge in [0, 0.05) is 12.1 Å². The highest BCUT2D eigenvalue weighted by Gasteiger charge is 2.46. The van der Waals surface area contributed by atoms with E-state index in [0.29, 0.717) is 0 Å². The van der Waals surface area contributed by atoms with E-state index in [1.54, 1.807) is 0 Å². The second-order valence-electron chi connectivity index (χ2n) is 7.08. The molecule has 1 aromatic rings. The van der Waals surface area contributed by atoms with Gasteiger partial charge in [-0.05, 0) is 37.1 Å². The number of hydrogen-bond acceptors (Lipinski definition) is 5. The highest BCUT2D eigenvalue weighted by molar-refractivity contribution is 7.96. The number of hydrogen-bond donors (Lipinski definition) is 1. The van der Waals surface area contributed by atoms with Gasteiger partial charge in [0.05, 0.1) is 21.7 Å². The van der Waals surface area contributed by atoms with Gasteiger partial charge < -0.3 is 5.32 Å². The summed E-state index contributed by atoms with van der Waals surface area (Å²) in [4.78, 5) is -0.0244. The Kier molecular flexibility index (Phi) is 5.51. The van der Waals surface area contributed by atoms with Crippen molar-refractivity contribution < 1.29 is 21.2 Å². The van der Waals surface area contributed by atoms with Crippen LogP contribution < -0.4 is 5.32 Å². The fourth-order valence-corrected chi connectivity index (χ4v) is 8.50. The smallest absolute Gasteiger partial charge is 0.183 e. The predicted molar refractivity (Wildman–Crippen MR) is 94.4 cm³/mol. The molecule has 2 fully saturated rings. The van der Waals surface area contributed by atoms with Crippen LogP contribution in [-0.4, -0.2) is 45.7 Å². The summed E-state index contributed by atoms with van der Waals surface area (Å²) in [5.41, 5.74) is 0. The lowest BCUT2D eigenvalue weighted by Crippen LogP contribution is -2.47. The summed E-state index contributed by atoms with van der Waals surface area (Å²) in [6.07, 6.45) is 6.37. The van der Waals surface area contributed by atoms with Crippen LogP contribution in [0.4, 0.5) is 4.39 Å². The monoisotopic (exact) mass is 389 g/mol. The van der Waals surface area contributed by atoms with Gasteiger partial charge in [-0.1, -0.05) is 25.7 Å². The van der Waals surface area contributed by atoms with E-state index in [1.807, 2.05) is 0 Å². The van der Waals surface area contributed by atoms with E-state index >= 15 is 0 Å². The van der Waals surface area contributed by atoms with Crippen molar-refractivity contribution in [1.29, 1.82) is 0 Å². The molecule has 1 saturated heterocycles. The maximum Gasteiger partial charge on any atom is 0.183 e. The minimum absolute atomic E-state index is 0.0244. The number of sulfone groups is 2. The Bertz CT molecular complexity index is 798. The van der Waals surface area contributed by atoms with Crippen LogP contribution >= 0.6 is 0 Å². The summed E-state index contributed by atoms with van der Waals surface area (Å²) in [7, 11) is -7.26. The van der Waals surface area contributed by atoms with Crippen LogP contribution in [-0.2, 0) is 19.7 Å². The predicted octanol–water partition coefficient (Wildman–Crippen LogP) is 2.08. The number of halogens is 1. The van der Waals surface area contributed by atoms with E-state index in [0.717, 1.165) is 37.8 Å². The molecule has 1 aliphatic carbocycles. The first-order valence-electron chi connectivity index (χ1n) is 8.74. The van der Waals surface area contributed by atoms with Gasteiger partial charge in [-0.3, -0.25) is 0 Å². The van der Waals surface area contributed by atoms with Gasteiger partial charge in [0.1, 0.15) is 5.82 Å². The largest absolute Gasteiger partial charge is 0.309 e. The van der Waals surface area contributed by atoms with Crippen LogP contribution in [0.15, 0.2) is 29.2 Å². The van der Waals surface area contributed by atoms with Crippen molar-refractivity contribution in [2.45, 2.75) is 60.8 Å². The first kappa shape index (κ1) is 18.8. The number of nitrogens with one attached hydrogen (secondary N) is 1. The van der Waals surface area contributed by atoms with Gasteiger partial charge in [-0.15, -0.1) is 0 Å². The molecule has 3 rings (SSSR count). The Hall–Kier alpha value is -0.990. The first-order chi connectivity index (χ1) is 11.8. The molecule has 140 valence electrons. The zero-order chi connectivity index (χ0) is 18.1. The molecule has 1 aliphatic heterocycles. The number of benzene rings is 1. The zero-order valence-electron chi connectivity index (χ0n) is 14.0. The van der Waals surface area contributed by atoms with Crippen molar-refractivity contribution in [3.8, 4) is 0 Å². The Morgan fingerprint density at radius 1 is 0.960 bits per heavy atom. The van der Waals surface area contributed by atoms with Gasteiger partial charge in [0.15, 0.2) is 19.7 Å². The maximum atomic E-state index is 13.1. The highest BCUT2D eigenvalue weighted by atomic mass is 32.2. The van der Waals surface area contributed by atoms with E-state index < -0.39 is 36.8 Å². The molecular weight excluding hydrogens is 365 g/mol. The van der Waals surface area contributed by atoms with Gasteiger partial charge in [-0.25, -0.2) is 21.2 Å². The average molecular weight is 390 g/mol. The van der Waals surface area contributed by atoms with E-state index in [2.05, 4.69) is 5.32 Å². The molecule has 0 bridgehead atoms. The van der Waals surface area contributed by atoms with Crippen LogP contribution in [0.3, 0.4) is 0 Å². The van der Waals surface area contributed by atoms with E-state index in [-0.39, 0.29) is 22.4 Å². The highest BCUT2D eigenvalue weighted by Crippen LogP contribution is 2.28. The quantitative estimate of drug-likeness (QED) is 0.630. The third kappa shape index (κ3) is 4.41. The Morgan fingerprint density at radius 2 is 1.56 bits per heavy atom. The van der Waals surface area contributed by atoms with Crippen molar-refractivity contribution in [2.24, 2.45) is 0 Å². The number of rotatable bonds is 4. The normalized spacial score (nSPS) is 27.9. The summed E-state index contributed by atoms with van der Waals surface area (Å²) in [5, 5.41) is 2.30. The molecule has 0 radical (unpaired) electrons. The zero-order valence-corrected chi connectivity index (χ0v) is 15.7. The molecule has 1 aromatic carbocycles. The lowest BCUT2D eigenvalue weighted by molar-refractivity contribution is 0.408. The summed E-state index contributed by atoms with van der Waals surface area (Å²) in [6.45, 7) is 0. The van der Waals surface area contributed by atoms with Crippen molar-refractivity contribution in [3.63, 3.8) is 0 Å². The van der Waals surface area contributed by atoms with Gasteiger partial charge in [0.2, 0.25) is 0 Å². The van der Waals surface area contributed by atoms with Gasteiger partial charge >= 0.3 is 0 Å². The Morgan fingerprint density at radius 3 is 2.16 bits per heavy atom. The van der Waals surface area contributed by atoms with Crippen LogP contribution in [0.1, 0.15) is 38.5 Å². The SMILES string of the molecule is O=S1(=O)C[C@H](NC2CCCCCC2)[C@@H](S(=O)(=O)c2ccc(F)cc2)C1. The average Bonchev–Trinajstić information content (AvgIpc) is 2.72.